The van der Waals surface area contributed by atoms with E-state index in [1.54, 1.807) is 0 Å². The van der Waals surface area contributed by atoms with Crippen LogP contribution in [0.15, 0.2) is 24.3 Å². The molecular formula is C15H22ClNO. The van der Waals surface area contributed by atoms with Crippen LogP contribution in [0.1, 0.15) is 25.8 Å². The Labute approximate surface area is 115 Å². The summed E-state index contributed by atoms with van der Waals surface area (Å²) in [5.74, 6) is 0.558. The Hall–Kier alpha value is -0.570. The van der Waals surface area contributed by atoms with Gasteiger partial charge in [-0.3, -0.25) is 0 Å². The molecule has 1 aromatic carbocycles. The molecule has 1 aromatic rings. The summed E-state index contributed by atoms with van der Waals surface area (Å²) in [6.07, 6.45) is 2.16. The number of benzene rings is 1. The number of halogens is 1. The number of ether oxygens (including phenoxy) is 1. The van der Waals surface area contributed by atoms with Crippen molar-refractivity contribution >= 4 is 11.6 Å². The van der Waals surface area contributed by atoms with E-state index < -0.39 is 0 Å². The van der Waals surface area contributed by atoms with E-state index in [1.807, 2.05) is 12.1 Å². The number of hydrogen-bond acceptors (Lipinski definition) is 2. The third-order valence-corrected chi connectivity index (χ3v) is 3.68. The fraction of sp³-hybridized carbons (Fsp3) is 0.600. The van der Waals surface area contributed by atoms with Crippen molar-refractivity contribution in [2.45, 2.75) is 38.8 Å². The molecule has 0 spiro atoms. The van der Waals surface area contributed by atoms with Crippen molar-refractivity contribution in [3.8, 4) is 0 Å². The van der Waals surface area contributed by atoms with Crippen molar-refractivity contribution in [3.05, 3.63) is 34.9 Å². The molecule has 1 heterocycles. The van der Waals surface area contributed by atoms with Crippen molar-refractivity contribution in [2.24, 2.45) is 5.92 Å². The Morgan fingerprint density at radius 1 is 1.33 bits per heavy atom. The highest BCUT2D eigenvalue weighted by atomic mass is 35.5. The lowest BCUT2D eigenvalue weighted by atomic mass is 9.89. The van der Waals surface area contributed by atoms with Crippen LogP contribution in [0, 0.1) is 5.92 Å². The molecule has 1 saturated heterocycles. The summed E-state index contributed by atoms with van der Waals surface area (Å²) >= 11 is 5.91. The van der Waals surface area contributed by atoms with Gasteiger partial charge in [-0.1, -0.05) is 37.6 Å². The van der Waals surface area contributed by atoms with Crippen molar-refractivity contribution in [1.82, 2.24) is 5.32 Å². The lowest BCUT2D eigenvalue weighted by molar-refractivity contribution is 0.0300. The highest BCUT2D eigenvalue weighted by Gasteiger charge is 2.26. The predicted octanol–water partition coefficient (Wildman–Crippen LogP) is 3.29. The zero-order chi connectivity index (χ0) is 13.0. The summed E-state index contributed by atoms with van der Waals surface area (Å²) in [4.78, 5) is 0. The van der Waals surface area contributed by atoms with Gasteiger partial charge in [-0.2, -0.15) is 0 Å². The first-order valence-corrected chi connectivity index (χ1v) is 7.11. The fourth-order valence-electron chi connectivity index (χ4n) is 2.57. The van der Waals surface area contributed by atoms with Crippen molar-refractivity contribution < 1.29 is 4.74 Å². The van der Waals surface area contributed by atoms with Crippen molar-refractivity contribution in [1.29, 1.82) is 0 Å². The molecule has 100 valence electrons. The predicted molar refractivity (Wildman–Crippen MR) is 76.1 cm³/mol. The minimum atomic E-state index is 0.529. The molecule has 0 bridgehead atoms. The second-order valence-corrected chi connectivity index (χ2v) is 5.82. The third kappa shape index (κ3) is 3.98. The Balaban J connectivity index is 1.98. The zero-order valence-corrected chi connectivity index (χ0v) is 11.9. The van der Waals surface area contributed by atoms with Crippen LogP contribution in [0.25, 0.3) is 0 Å². The van der Waals surface area contributed by atoms with E-state index in [-0.39, 0.29) is 0 Å². The molecule has 18 heavy (non-hydrogen) atoms. The van der Waals surface area contributed by atoms with Gasteiger partial charge >= 0.3 is 0 Å². The largest absolute Gasteiger partial charge is 0.381 e. The first-order chi connectivity index (χ1) is 8.65. The monoisotopic (exact) mass is 267 g/mol. The van der Waals surface area contributed by atoms with Gasteiger partial charge in [-0.15, -0.1) is 0 Å². The Morgan fingerprint density at radius 3 is 2.72 bits per heavy atom. The van der Waals surface area contributed by atoms with E-state index in [4.69, 9.17) is 16.3 Å². The lowest BCUT2D eigenvalue weighted by Gasteiger charge is -2.33. The molecular weight excluding hydrogens is 246 g/mol. The highest BCUT2D eigenvalue weighted by molar-refractivity contribution is 6.30. The summed E-state index contributed by atoms with van der Waals surface area (Å²) < 4.78 is 5.62. The molecule has 0 amide bonds. The zero-order valence-electron chi connectivity index (χ0n) is 11.2. The lowest BCUT2D eigenvalue weighted by Crippen LogP contribution is -2.46. The molecule has 0 aliphatic carbocycles. The van der Waals surface area contributed by atoms with E-state index in [0.717, 1.165) is 31.1 Å². The highest BCUT2D eigenvalue weighted by Crippen LogP contribution is 2.21. The van der Waals surface area contributed by atoms with Crippen LogP contribution in [0.3, 0.4) is 0 Å². The molecule has 2 rings (SSSR count). The van der Waals surface area contributed by atoms with Gasteiger partial charge in [0.2, 0.25) is 0 Å². The standard InChI is InChI=1S/C15H22ClNO/c1-11(2)17-15-7-8-18-10-13(15)9-12-3-5-14(16)6-4-12/h3-6,11,13,15,17H,7-10H2,1-2H3/t13-,15-/m0/s1. The van der Waals surface area contributed by atoms with Crippen molar-refractivity contribution in [3.63, 3.8) is 0 Å². The van der Waals surface area contributed by atoms with E-state index in [1.165, 1.54) is 5.56 Å². The normalized spacial score (nSPS) is 24.4. The molecule has 0 saturated carbocycles. The van der Waals surface area contributed by atoms with Crippen LogP contribution >= 0.6 is 11.6 Å². The topological polar surface area (TPSA) is 21.3 Å². The van der Waals surface area contributed by atoms with Crippen LogP contribution in [0.2, 0.25) is 5.02 Å². The number of hydrogen-bond donors (Lipinski definition) is 1. The van der Waals surface area contributed by atoms with Crippen LogP contribution in [-0.4, -0.2) is 25.3 Å². The summed E-state index contributed by atoms with van der Waals surface area (Å²) in [6, 6.07) is 9.25. The smallest absolute Gasteiger partial charge is 0.0512 e. The second-order valence-electron chi connectivity index (χ2n) is 5.38. The first-order valence-electron chi connectivity index (χ1n) is 6.73. The minimum absolute atomic E-state index is 0.529. The average Bonchev–Trinajstić information content (AvgIpc) is 2.34. The summed E-state index contributed by atoms with van der Waals surface area (Å²) in [7, 11) is 0. The van der Waals surface area contributed by atoms with E-state index in [9.17, 15) is 0 Å². The van der Waals surface area contributed by atoms with Crippen LogP contribution in [-0.2, 0) is 11.2 Å². The molecule has 0 aromatic heterocycles. The molecule has 2 nitrogen and oxygen atoms in total. The molecule has 2 atom stereocenters. The van der Waals surface area contributed by atoms with Crippen molar-refractivity contribution in [2.75, 3.05) is 13.2 Å². The van der Waals surface area contributed by atoms with Crippen LogP contribution in [0.4, 0.5) is 0 Å². The maximum atomic E-state index is 5.91. The fourth-order valence-corrected chi connectivity index (χ4v) is 2.69. The summed E-state index contributed by atoms with van der Waals surface area (Å²) in [6.45, 7) is 6.14. The molecule has 0 unspecified atom stereocenters. The van der Waals surface area contributed by atoms with Crippen LogP contribution in [0.5, 0.6) is 0 Å². The first kappa shape index (κ1) is 13.9. The molecule has 1 fully saturated rings. The number of rotatable bonds is 4. The third-order valence-electron chi connectivity index (χ3n) is 3.43. The SMILES string of the molecule is CC(C)N[C@H]1CCOC[C@@H]1Cc1ccc(Cl)cc1. The van der Waals surface area contributed by atoms with Gasteiger partial charge in [-0.05, 0) is 30.5 Å². The Morgan fingerprint density at radius 2 is 2.06 bits per heavy atom. The van der Waals surface area contributed by atoms with Gasteiger partial charge in [0.1, 0.15) is 0 Å². The van der Waals surface area contributed by atoms with E-state index in [2.05, 4.69) is 31.3 Å². The molecule has 3 heteroatoms. The van der Waals surface area contributed by atoms with Gasteiger partial charge in [0.05, 0.1) is 6.61 Å². The van der Waals surface area contributed by atoms with Crippen LogP contribution < -0.4 is 5.32 Å². The molecule has 1 aliphatic heterocycles. The Bertz CT molecular complexity index is 363. The molecule has 0 radical (unpaired) electrons. The number of nitrogens with one attached hydrogen (secondary N) is 1. The van der Waals surface area contributed by atoms with Gasteiger partial charge in [0.15, 0.2) is 0 Å². The Kier molecular flexibility index (Phi) is 5.04. The molecule has 1 aliphatic rings. The summed E-state index contributed by atoms with van der Waals surface area (Å²) in [5.41, 5.74) is 1.34. The quantitative estimate of drug-likeness (QED) is 0.904. The summed E-state index contributed by atoms with van der Waals surface area (Å²) in [5, 5.41) is 4.46. The average molecular weight is 268 g/mol. The van der Waals surface area contributed by atoms with E-state index >= 15 is 0 Å². The van der Waals surface area contributed by atoms with E-state index in [0.29, 0.717) is 18.0 Å². The maximum absolute atomic E-state index is 5.91. The van der Waals surface area contributed by atoms with Gasteiger partial charge in [-0.25, -0.2) is 0 Å². The van der Waals surface area contributed by atoms with Gasteiger partial charge in [0.25, 0.3) is 0 Å². The minimum Gasteiger partial charge on any atom is -0.381 e. The van der Waals surface area contributed by atoms with Gasteiger partial charge in [0, 0.05) is 29.6 Å². The second kappa shape index (κ2) is 6.55. The maximum Gasteiger partial charge on any atom is 0.0512 e. The molecule has 1 N–H and O–H groups in total. The van der Waals surface area contributed by atoms with Gasteiger partial charge < -0.3 is 10.1 Å².